The Kier molecular flexibility index (Phi) is 4.62. The Labute approximate surface area is 144 Å². The van der Waals surface area contributed by atoms with Crippen molar-refractivity contribution in [2.24, 2.45) is 0 Å². The molecule has 3 heterocycles. The zero-order valence-electron chi connectivity index (χ0n) is 15.6. The lowest BCUT2D eigenvalue weighted by Gasteiger charge is -2.37. The number of hydrogen-bond acceptors (Lipinski definition) is 4. The maximum absolute atomic E-state index is 12.8. The largest absolute Gasteiger partial charge is 0.347 e. The van der Waals surface area contributed by atoms with Crippen molar-refractivity contribution in [3.05, 3.63) is 23.0 Å². The number of ether oxygens (including phenoxy) is 2. The molecule has 0 aromatic carbocycles. The average molecular weight is 334 g/mol. The third-order valence-electron chi connectivity index (χ3n) is 5.20. The number of Topliss-reactive ketones (excluding diaryl/α,β-unsaturated/α-hetero) is 1. The van der Waals surface area contributed by atoms with E-state index < -0.39 is 0 Å². The van der Waals surface area contributed by atoms with Crippen LogP contribution in [-0.2, 0) is 15.0 Å². The molecule has 0 saturated carbocycles. The van der Waals surface area contributed by atoms with Crippen molar-refractivity contribution in [3.63, 3.8) is 0 Å². The molecule has 0 unspecified atom stereocenters. The highest BCUT2D eigenvalue weighted by molar-refractivity contribution is 5.99. The predicted octanol–water partition coefficient (Wildman–Crippen LogP) is 2.88. The Balaban J connectivity index is 1.66. The molecule has 134 valence electrons. The van der Waals surface area contributed by atoms with Crippen molar-refractivity contribution in [1.29, 1.82) is 0 Å². The minimum atomic E-state index is -0.373. The van der Waals surface area contributed by atoms with E-state index in [2.05, 4.69) is 44.1 Å². The second-order valence-electron chi connectivity index (χ2n) is 8.10. The second-order valence-corrected chi connectivity index (χ2v) is 8.10. The maximum Gasteiger partial charge on any atom is 0.178 e. The van der Waals surface area contributed by atoms with Crippen LogP contribution in [-0.4, -0.2) is 53.9 Å². The van der Waals surface area contributed by atoms with Crippen molar-refractivity contribution >= 4 is 5.78 Å². The molecule has 24 heavy (non-hydrogen) atoms. The topological polar surface area (TPSA) is 43.7 Å². The Hall–Kier alpha value is -1.17. The monoisotopic (exact) mass is 334 g/mol. The summed E-state index contributed by atoms with van der Waals surface area (Å²) in [4.78, 5) is 15.0. The van der Waals surface area contributed by atoms with Gasteiger partial charge in [-0.2, -0.15) is 0 Å². The number of aryl methyl sites for hydroxylation is 1. The first-order valence-electron chi connectivity index (χ1n) is 8.95. The van der Waals surface area contributed by atoms with Crippen molar-refractivity contribution in [2.45, 2.75) is 58.8 Å². The second kappa shape index (κ2) is 6.28. The molecule has 2 fully saturated rings. The van der Waals surface area contributed by atoms with Gasteiger partial charge in [0.2, 0.25) is 0 Å². The molecule has 2 aliphatic heterocycles. The predicted molar refractivity (Wildman–Crippen MR) is 93.5 cm³/mol. The molecule has 1 aromatic rings. The number of hydrogen-bond donors (Lipinski definition) is 0. The third-order valence-corrected chi connectivity index (χ3v) is 5.20. The van der Waals surface area contributed by atoms with Crippen LogP contribution in [0.3, 0.4) is 0 Å². The van der Waals surface area contributed by atoms with Gasteiger partial charge in [-0.25, -0.2) is 0 Å². The molecular formula is C19H30N2O3. The summed E-state index contributed by atoms with van der Waals surface area (Å²) >= 11 is 0. The normalized spacial score (nSPS) is 21.5. The molecule has 2 aliphatic rings. The van der Waals surface area contributed by atoms with Crippen LogP contribution >= 0.6 is 0 Å². The Morgan fingerprint density at radius 3 is 2.25 bits per heavy atom. The molecule has 0 N–H and O–H groups in total. The zero-order valence-corrected chi connectivity index (χ0v) is 15.6. The Bertz CT molecular complexity index is 611. The van der Waals surface area contributed by atoms with Gasteiger partial charge in [0.05, 0.1) is 19.8 Å². The van der Waals surface area contributed by atoms with Crippen LogP contribution < -0.4 is 0 Å². The minimum absolute atomic E-state index is 0.0125. The highest BCUT2D eigenvalue weighted by atomic mass is 16.7. The minimum Gasteiger partial charge on any atom is -0.347 e. The molecule has 3 rings (SSSR count). The van der Waals surface area contributed by atoms with Crippen LogP contribution in [0.1, 0.15) is 55.4 Å². The van der Waals surface area contributed by atoms with Gasteiger partial charge in [0.25, 0.3) is 0 Å². The molecule has 0 bridgehead atoms. The lowest BCUT2D eigenvalue weighted by atomic mass is 10.0. The smallest absolute Gasteiger partial charge is 0.178 e. The quantitative estimate of drug-likeness (QED) is 0.797. The third kappa shape index (κ3) is 3.30. The number of piperidine rings is 1. The van der Waals surface area contributed by atoms with E-state index in [-0.39, 0.29) is 17.1 Å². The molecule has 0 atom stereocenters. The summed E-state index contributed by atoms with van der Waals surface area (Å²) < 4.78 is 13.8. The molecule has 0 amide bonds. The number of likely N-dealkylation sites (tertiary alicyclic amines) is 1. The molecule has 5 nitrogen and oxygen atoms in total. The van der Waals surface area contributed by atoms with Gasteiger partial charge in [0, 0.05) is 48.4 Å². The zero-order chi connectivity index (χ0) is 17.5. The van der Waals surface area contributed by atoms with E-state index in [0.29, 0.717) is 19.8 Å². The van der Waals surface area contributed by atoms with E-state index in [1.54, 1.807) is 0 Å². The van der Waals surface area contributed by atoms with Crippen molar-refractivity contribution in [1.82, 2.24) is 9.47 Å². The summed E-state index contributed by atoms with van der Waals surface area (Å²) in [5, 5.41) is 0. The first-order valence-corrected chi connectivity index (χ1v) is 8.95. The number of carbonyl (C=O) groups is 1. The van der Waals surface area contributed by atoms with Crippen LogP contribution in [0.4, 0.5) is 0 Å². The SMILES string of the molecule is Cc1cc(C(=O)CN2CCC3(CC2)OCCO3)c(C)n1C(C)(C)C. The van der Waals surface area contributed by atoms with E-state index in [0.717, 1.165) is 42.9 Å². The van der Waals surface area contributed by atoms with Gasteiger partial charge in [0.1, 0.15) is 0 Å². The van der Waals surface area contributed by atoms with E-state index in [1.165, 1.54) is 0 Å². The van der Waals surface area contributed by atoms with Gasteiger partial charge in [-0.15, -0.1) is 0 Å². The van der Waals surface area contributed by atoms with Gasteiger partial charge in [-0.1, -0.05) is 0 Å². The van der Waals surface area contributed by atoms with Gasteiger partial charge >= 0.3 is 0 Å². The lowest BCUT2D eigenvalue weighted by molar-refractivity contribution is -0.184. The summed E-state index contributed by atoms with van der Waals surface area (Å²) in [5.41, 5.74) is 3.06. The molecule has 0 radical (unpaired) electrons. The molecule has 5 heteroatoms. The number of aromatic nitrogens is 1. The fraction of sp³-hybridized carbons (Fsp3) is 0.737. The fourth-order valence-corrected chi connectivity index (χ4v) is 4.20. The van der Waals surface area contributed by atoms with Gasteiger partial charge < -0.3 is 14.0 Å². The van der Waals surface area contributed by atoms with Gasteiger partial charge in [0.15, 0.2) is 11.6 Å². The Morgan fingerprint density at radius 2 is 1.75 bits per heavy atom. The summed E-state index contributed by atoms with van der Waals surface area (Å²) in [6.07, 6.45) is 1.70. The number of nitrogens with zero attached hydrogens (tertiary/aromatic N) is 2. The van der Waals surface area contributed by atoms with Crippen LogP contribution in [0.15, 0.2) is 6.07 Å². The summed E-state index contributed by atoms with van der Waals surface area (Å²) in [6, 6.07) is 2.04. The lowest BCUT2D eigenvalue weighted by Crippen LogP contribution is -2.46. The number of rotatable bonds is 3. The van der Waals surface area contributed by atoms with Crippen molar-refractivity contribution in [2.75, 3.05) is 32.8 Å². The van der Waals surface area contributed by atoms with E-state index in [4.69, 9.17) is 9.47 Å². The van der Waals surface area contributed by atoms with Crippen LogP contribution in [0.25, 0.3) is 0 Å². The van der Waals surface area contributed by atoms with E-state index in [9.17, 15) is 4.79 Å². The standard InChI is InChI=1S/C19H30N2O3/c1-14-12-16(15(2)21(14)18(3,4)5)17(22)13-20-8-6-19(7-9-20)23-10-11-24-19/h12H,6-11,13H2,1-5H3. The van der Waals surface area contributed by atoms with E-state index in [1.807, 2.05) is 6.07 Å². The van der Waals surface area contributed by atoms with Gasteiger partial charge in [-0.3, -0.25) is 9.69 Å². The van der Waals surface area contributed by atoms with Crippen LogP contribution in [0.5, 0.6) is 0 Å². The summed E-state index contributed by atoms with van der Waals surface area (Å²) in [5.74, 6) is -0.162. The summed E-state index contributed by atoms with van der Waals surface area (Å²) in [6.45, 7) is 14.2. The highest BCUT2D eigenvalue weighted by Crippen LogP contribution is 2.31. The number of ketones is 1. The molecule has 1 aromatic heterocycles. The maximum atomic E-state index is 12.8. The molecule has 2 saturated heterocycles. The average Bonchev–Trinajstić information content (AvgIpc) is 3.06. The highest BCUT2D eigenvalue weighted by Gasteiger charge is 2.40. The Morgan fingerprint density at radius 1 is 1.17 bits per heavy atom. The summed E-state index contributed by atoms with van der Waals surface area (Å²) in [7, 11) is 0. The first-order chi connectivity index (χ1) is 11.2. The molecule has 0 aliphatic carbocycles. The number of carbonyl (C=O) groups excluding carboxylic acids is 1. The van der Waals surface area contributed by atoms with E-state index >= 15 is 0 Å². The molecule has 1 spiro atoms. The van der Waals surface area contributed by atoms with Gasteiger partial charge in [-0.05, 0) is 40.7 Å². The first kappa shape index (κ1) is 17.6. The van der Waals surface area contributed by atoms with Crippen LogP contribution in [0.2, 0.25) is 0 Å². The molecular weight excluding hydrogens is 304 g/mol. The van der Waals surface area contributed by atoms with Crippen LogP contribution in [0, 0.1) is 13.8 Å². The van der Waals surface area contributed by atoms with Crippen molar-refractivity contribution < 1.29 is 14.3 Å². The van der Waals surface area contributed by atoms with Crippen molar-refractivity contribution in [3.8, 4) is 0 Å². The fourth-order valence-electron chi connectivity index (χ4n) is 4.20.